The SMILES string of the molecule is c1cncc(CNCC2CSc3ccccc32)c1. The molecule has 0 saturated carbocycles. The predicted octanol–water partition coefficient (Wildman–Crippen LogP) is 3.06. The normalized spacial score (nSPS) is 17.7. The first-order valence-corrected chi connectivity index (χ1v) is 7.23. The highest BCUT2D eigenvalue weighted by atomic mass is 32.2. The molecule has 1 aromatic carbocycles. The maximum absolute atomic E-state index is 4.13. The van der Waals surface area contributed by atoms with Crippen molar-refractivity contribution in [3.8, 4) is 0 Å². The lowest BCUT2D eigenvalue weighted by atomic mass is 10.0. The summed E-state index contributed by atoms with van der Waals surface area (Å²) >= 11 is 1.97. The number of pyridine rings is 1. The van der Waals surface area contributed by atoms with Gasteiger partial charge < -0.3 is 5.32 Å². The van der Waals surface area contributed by atoms with Crippen LogP contribution in [0.3, 0.4) is 0 Å². The molecule has 3 heteroatoms. The van der Waals surface area contributed by atoms with Crippen LogP contribution in [0.25, 0.3) is 0 Å². The third kappa shape index (κ3) is 2.57. The van der Waals surface area contributed by atoms with E-state index in [9.17, 15) is 0 Å². The molecule has 1 aromatic heterocycles. The van der Waals surface area contributed by atoms with E-state index in [0.717, 1.165) is 13.1 Å². The highest BCUT2D eigenvalue weighted by molar-refractivity contribution is 7.99. The zero-order chi connectivity index (χ0) is 12.2. The van der Waals surface area contributed by atoms with E-state index in [1.807, 2.05) is 30.2 Å². The fraction of sp³-hybridized carbons (Fsp3) is 0.267. The van der Waals surface area contributed by atoms with Gasteiger partial charge in [0.2, 0.25) is 0 Å². The molecular weight excluding hydrogens is 240 g/mol. The maximum atomic E-state index is 4.13. The lowest BCUT2D eigenvalue weighted by Gasteiger charge is -2.11. The van der Waals surface area contributed by atoms with Crippen molar-refractivity contribution in [2.24, 2.45) is 0 Å². The summed E-state index contributed by atoms with van der Waals surface area (Å²) in [7, 11) is 0. The molecule has 1 N–H and O–H groups in total. The zero-order valence-electron chi connectivity index (χ0n) is 10.2. The first-order chi connectivity index (χ1) is 8.93. The summed E-state index contributed by atoms with van der Waals surface area (Å²) in [6.45, 7) is 1.94. The Morgan fingerprint density at radius 1 is 1.22 bits per heavy atom. The van der Waals surface area contributed by atoms with Crippen LogP contribution in [0.1, 0.15) is 17.0 Å². The zero-order valence-corrected chi connectivity index (χ0v) is 11.0. The van der Waals surface area contributed by atoms with Gasteiger partial charge in [-0.3, -0.25) is 4.98 Å². The Labute approximate surface area is 112 Å². The molecular formula is C15H16N2S. The first kappa shape index (κ1) is 11.8. The van der Waals surface area contributed by atoms with Gasteiger partial charge in [0.25, 0.3) is 0 Å². The molecule has 0 saturated heterocycles. The highest BCUT2D eigenvalue weighted by Gasteiger charge is 2.21. The van der Waals surface area contributed by atoms with Crippen LogP contribution in [0.4, 0.5) is 0 Å². The van der Waals surface area contributed by atoms with Crippen LogP contribution in [0, 0.1) is 0 Å². The standard InChI is InChI=1S/C15H16N2S/c1-2-6-15-14(5-1)13(11-18-15)10-17-9-12-4-3-7-16-8-12/h1-8,13,17H,9-11H2. The van der Waals surface area contributed by atoms with E-state index in [1.54, 1.807) is 0 Å². The molecule has 1 unspecified atom stereocenters. The first-order valence-electron chi connectivity index (χ1n) is 6.25. The number of nitrogens with zero attached hydrogens (tertiary/aromatic N) is 1. The van der Waals surface area contributed by atoms with Crippen molar-refractivity contribution in [2.75, 3.05) is 12.3 Å². The highest BCUT2D eigenvalue weighted by Crippen LogP contribution is 2.38. The van der Waals surface area contributed by atoms with E-state index >= 15 is 0 Å². The van der Waals surface area contributed by atoms with Crippen LogP contribution in [0.5, 0.6) is 0 Å². The van der Waals surface area contributed by atoms with E-state index in [2.05, 4.69) is 40.6 Å². The van der Waals surface area contributed by atoms with Crippen LogP contribution in [-0.2, 0) is 6.54 Å². The smallest absolute Gasteiger partial charge is 0.0312 e. The van der Waals surface area contributed by atoms with Gasteiger partial charge in [-0.25, -0.2) is 0 Å². The van der Waals surface area contributed by atoms with Crippen LogP contribution in [-0.4, -0.2) is 17.3 Å². The number of hydrogen-bond donors (Lipinski definition) is 1. The Balaban J connectivity index is 1.56. The molecule has 18 heavy (non-hydrogen) atoms. The van der Waals surface area contributed by atoms with E-state index in [4.69, 9.17) is 0 Å². The number of aromatic nitrogens is 1. The molecule has 0 spiro atoms. The fourth-order valence-corrected chi connectivity index (χ4v) is 3.55. The Hall–Kier alpha value is -1.32. The van der Waals surface area contributed by atoms with E-state index < -0.39 is 0 Å². The number of benzene rings is 1. The minimum Gasteiger partial charge on any atom is -0.312 e. The molecule has 0 fully saturated rings. The second-order valence-corrected chi connectivity index (χ2v) is 5.60. The van der Waals surface area contributed by atoms with Gasteiger partial charge in [-0.05, 0) is 23.3 Å². The van der Waals surface area contributed by atoms with Gasteiger partial charge in [-0.2, -0.15) is 0 Å². The average molecular weight is 256 g/mol. The molecule has 3 rings (SSSR count). The van der Waals surface area contributed by atoms with Crippen LogP contribution in [0.2, 0.25) is 0 Å². The number of nitrogens with one attached hydrogen (secondary N) is 1. The summed E-state index contributed by atoms with van der Waals surface area (Å²) in [5, 5.41) is 3.53. The summed E-state index contributed by atoms with van der Waals surface area (Å²) < 4.78 is 0. The molecule has 0 bridgehead atoms. The minimum atomic E-state index is 0.642. The third-order valence-electron chi connectivity index (χ3n) is 3.24. The maximum Gasteiger partial charge on any atom is 0.0312 e. The van der Waals surface area contributed by atoms with Crippen LogP contribution >= 0.6 is 11.8 Å². The summed E-state index contributed by atoms with van der Waals surface area (Å²) in [5.41, 5.74) is 2.75. The van der Waals surface area contributed by atoms with Crippen LogP contribution < -0.4 is 5.32 Å². The van der Waals surface area contributed by atoms with Gasteiger partial charge in [0.05, 0.1) is 0 Å². The van der Waals surface area contributed by atoms with Gasteiger partial charge in [-0.1, -0.05) is 24.3 Å². The molecule has 1 aliphatic rings. The van der Waals surface area contributed by atoms with Crippen molar-refractivity contribution >= 4 is 11.8 Å². The molecule has 1 aliphatic heterocycles. The van der Waals surface area contributed by atoms with Crippen molar-refractivity contribution in [1.29, 1.82) is 0 Å². The van der Waals surface area contributed by atoms with E-state index in [-0.39, 0.29) is 0 Å². The Bertz CT molecular complexity index is 513. The number of rotatable bonds is 4. The van der Waals surface area contributed by atoms with Gasteiger partial charge in [0.15, 0.2) is 0 Å². The lowest BCUT2D eigenvalue weighted by Crippen LogP contribution is -2.21. The summed E-state index contributed by atoms with van der Waals surface area (Å²) in [4.78, 5) is 5.58. The minimum absolute atomic E-state index is 0.642. The molecule has 0 amide bonds. The van der Waals surface area contributed by atoms with Gasteiger partial charge in [-0.15, -0.1) is 11.8 Å². The Morgan fingerprint density at radius 2 is 2.17 bits per heavy atom. The Morgan fingerprint density at radius 3 is 3.06 bits per heavy atom. The molecule has 0 radical (unpaired) electrons. The fourth-order valence-electron chi connectivity index (χ4n) is 2.29. The van der Waals surface area contributed by atoms with Crippen molar-refractivity contribution in [1.82, 2.24) is 10.3 Å². The van der Waals surface area contributed by atoms with Crippen molar-refractivity contribution in [3.63, 3.8) is 0 Å². The van der Waals surface area contributed by atoms with Gasteiger partial charge >= 0.3 is 0 Å². The predicted molar refractivity (Wildman–Crippen MR) is 75.9 cm³/mol. The quantitative estimate of drug-likeness (QED) is 0.910. The molecule has 92 valence electrons. The van der Waals surface area contributed by atoms with Crippen molar-refractivity contribution in [3.05, 3.63) is 59.9 Å². The molecule has 2 heterocycles. The van der Waals surface area contributed by atoms with E-state index in [0.29, 0.717) is 5.92 Å². The summed E-state index contributed by atoms with van der Waals surface area (Å²) in [6, 6.07) is 12.8. The van der Waals surface area contributed by atoms with Crippen LogP contribution in [0.15, 0.2) is 53.7 Å². The number of thioether (sulfide) groups is 1. The summed E-state index contributed by atoms with van der Waals surface area (Å²) in [6.07, 6.45) is 3.73. The Kier molecular flexibility index (Phi) is 3.62. The second-order valence-electron chi connectivity index (χ2n) is 4.54. The second kappa shape index (κ2) is 5.55. The number of hydrogen-bond acceptors (Lipinski definition) is 3. The van der Waals surface area contributed by atoms with E-state index in [1.165, 1.54) is 21.8 Å². The largest absolute Gasteiger partial charge is 0.312 e. The molecule has 2 nitrogen and oxygen atoms in total. The average Bonchev–Trinajstić information content (AvgIpc) is 2.84. The monoisotopic (exact) mass is 256 g/mol. The third-order valence-corrected chi connectivity index (χ3v) is 4.49. The lowest BCUT2D eigenvalue weighted by molar-refractivity contribution is 0.620. The number of fused-ring (bicyclic) bond motifs is 1. The van der Waals surface area contributed by atoms with Crippen molar-refractivity contribution in [2.45, 2.75) is 17.4 Å². The van der Waals surface area contributed by atoms with Gasteiger partial charge in [0.1, 0.15) is 0 Å². The summed E-state index contributed by atoms with van der Waals surface area (Å²) in [5.74, 6) is 1.84. The topological polar surface area (TPSA) is 24.9 Å². The van der Waals surface area contributed by atoms with Gasteiger partial charge in [0, 0.05) is 42.0 Å². The van der Waals surface area contributed by atoms with Crippen molar-refractivity contribution < 1.29 is 0 Å². The molecule has 2 aromatic rings. The molecule has 0 aliphatic carbocycles. The molecule has 1 atom stereocenters.